The van der Waals surface area contributed by atoms with Crippen LogP contribution in [-0.2, 0) is 11.3 Å². The minimum Gasteiger partial charge on any atom is -0.356 e. The fraction of sp³-hybridized carbons (Fsp3) is 0.409. The lowest BCUT2D eigenvalue weighted by Crippen LogP contribution is -2.41. The van der Waals surface area contributed by atoms with E-state index in [2.05, 4.69) is 10.3 Å². The van der Waals surface area contributed by atoms with E-state index in [1.165, 1.54) is 6.92 Å². The maximum absolute atomic E-state index is 13.2. The van der Waals surface area contributed by atoms with Gasteiger partial charge in [0.25, 0.3) is 5.91 Å². The zero-order chi connectivity index (χ0) is 19.9. The Bertz CT molecular complexity index is 837. The Labute approximate surface area is 166 Å². The number of carbonyl (C=O) groups excluding carboxylic acids is 2. The van der Waals surface area contributed by atoms with Crippen molar-refractivity contribution in [3.8, 4) is 11.1 Å². The van der Waals surface area contributed by atoms with Crippen molar-refractivity contribution >= 4 is 11.8 Å². The number of hydrogen-bond donors (Lipinski definition) is 2. The maximum atomic E-state index is 13.2. The number of hydrogen-bond acceptors (Lipinski definition) is 4. The Kier molecular flexibility index (Phi) is 6.76. The van der Waals surface area contributed by atoms with Crippen molar-refractivity contribution in [2.24, 2.45) is 11.7 Å². The van der Waals surface area contributed by atoms with E-state index in [-0.39, 0.29) is 11.8 Å². The molecule has 6 heteroatoms. The van der Waals surface area contributed by atoms with Crippen molar-refractivity contribution in [3.05, 3.63) is 53.9 Å². The number of aromatic nitrogens is 1. The summed E-state index contributed by atoms with van der Waals surface area (Å²) in [5.41, 5.74) is 9.07. The number of piperidine rings is 1. The molecule has 2 aromatic rings. The van der Waals surface area contributed by atoms with E-state index in [9.17, 15) is 9.59 Å². The molecule has 1 saturated heterocycles. The average Bonchev–Trinajstić information content (AvgIpc) is 2.73. The summed E-state index contributed by atoms with van der Waals surface area (Å²) in [5.74, 6) is 0.358. The normalized spacial score (nSPS) is 16.6. The predicted molar refractivity (Wildman–Crippen MR) is 109 cm³/mol. The van der Waals surface area contributed by atoms with Gasteiger partial charge in [-0.05, 0) is 48.4 Å². The number of pyridine rings is 1. The molecule has 3 rings (SSSR count). The van der Waals surface area contributed by atoms with Crippen LogP contribution in [0, 0.1) is 5.92 Å². The number of nitrogens with zero attached hydrogens (tertiary/aromatic N) is 2. The Hall–Kier alpha value is -2.73. The molecule has 0 radical (unpaired) electrons. The van der Waals surface area contributed by atoms with E-state index >= 15 is 0 Å². The van der Waals surface area contributed by atoms with E-state index in [0.717, 1.165) is 42.5 Å². The van der Waals surface area contributed by atoms with Crippen molar-refractivity contribution in [1.82, 2.24) is 15.2 Å². The third-order valence-corrected chi connectivity index (χ3v) is 5.22. The molecular weight excluding hydrogens is 352 g/mol. The van der Waals surface area contributed by atoms with E-state index in [0.29, 0.717) is 31.2 Å². The van der Waals surface area contributed by atoms with Crippen LogP contribution < -0.4 is 11.1 Å². The van der Waals surface area contributed by atoms with Crippen molar-refractivity contribution in [1.29, 1.82) is 0 Å². The van der Waals surface area contributed by atoms with Gasteiger partial charge < -0.3 is 16.0 Å². The van der Waals surface area contributed by atoms with Gasteiger partial charge in [0.15, 0.2) is 0 Å². The van der Waals surface area contributed by atoms with Crippen LogP contribution in [0.4, 0.5) is 0 Å². The fourth-order valence-electron chi connectivity index (χ4n) is 3.76. The van der Waals surface area contributed by atoms with Crippen LogP contribution in [0.3, 0.4) is 0 Å². The summed E-state index contributed by atoms with van der Waals surface area (Å²) in [4.78, 5) is 30.6. The number of likely N-dealkylation sites (tertiary alicyclic amines) is 1. The Morgan fingerprint density at radius 3 is 2.93 bits per heavy atom. The van der Waals surface area contributed by atoms with E-state index in [4.69, 9.17) is 5.73 Å². The SMILES string of the molecule is CC(=O)NCC[C@H]1CCCN(C(=O)c2ncccc2-c2cccc(CN)c2)C1. The van der Waals surface area contributed by atoms with Gasteiger partial charge in [0.1, 0.15) is 5.69 Å². The second-order valence-electron chi connectivity index (χ2n) is 7.34. The Morgan fingerprint density at radius 2 is 2.14 bits per heavy atom. The third kappa shape index (κ3) is 4.95. The number of nitrogens with two attached hydrogens (primary N) is 1. The molecule has 1 fully saturated rings. The largest absolute Gasteiger partial charge is 0.356 e. The van der Waals surface area contributed by atoms with Crippen molar-refractivity contribution in [2.75, 3.05) is 19.6 Å². The molecule has 3 N–H and O–H groups in total. The molecule has 0 unspecified atom stereocenters. The molecule has 2 amide bonds. The van der Waals surface area contributed by atoms with Crippen LogP contribution in [0.1, 0.15) is 42.2 Å². The summed E-state index contributed by atoms with van der Waals surface area (Å²) in [6.07, 6.45) is 4.61. The van der Waals surface area contributed by atoms with Crippen molar-refractivity contribution in [3.63, 3.8) is 0 Å². The van der Waals surface area contributed by atoms with Crippen LogP contribution in [0.5, 0.6) is 0 Å². The minimum absolute atomic E-state index is 0.0124. The highest BCUT2D eigenvalue weighted by Crippen LogP contribution is 2.26. The lowest BCUT2D eigenvalue weighted by atomic mass is 9.94. The van der Waals surface area contributed by atoms with Gasteiger partial charge in [-0.15, -0.1) is 0 Å². The van der Waals surface area contributed by atoms with Crippen LogP contribution in [0.15, 0.2) is 42.6 Å². The predicted octanol–water partition coefficient (Wildman–Crippen LogP) is 2.59. The lowest BCUT2D eigenvalue weighted by molar-refractivity contribution is -0.119. The molecule has 1 atom stereocenters. The Morgan fingerprint density at radius 1 is 1.29 bits per heavy atom. The molecule has 1 aliphatic heterocycles. The van der Waals surface area contributed by atoms with Gasteiger partial charge in [0.05, 0.1) is 0 Å². The number of amides is 2. The summed E-state index contributed by atoms with van der Waals surface area (Å²) >= 11 is 0. The van der Waals surface area contributed by atoms with Gasteiger partial charge in [0.2, 0.25) is 5.91 Å². The molecule has 0 bridgehead atoms. The Balaban J connectivity index is 1.76. The van der Waals surface area contributed by atoms with Gasteiger partial charge in [-0.3, -0.25) is 14.6 Å². The van der Waals surface area contributed by atoms with Crippen LogP contribution in [0.25, 0.3) is 11.1 Å². The smallest absolute Gasteiger partial charge is 0.273 e. The second-order valence-corrected chi connectivity index (χ2v) is 7.34. The summed E-state index contributed by atoms with van der Waals surface area (Å²) in [6, 6.07) is 11.7. The summed E-state index contributed by atoms with van der Waals surface area (Å²) in [6.45, 7) is 4.09. The standard InChI is InChI=1S/C22H28N4O2/c1-16(27)24-11-9-17-6-4-12-26(15-17)22(28)21-20(8-3-10-25-21)19-7-2-5-18(13-19)14-23/h2-3,5,7-8,10,13,17H,4,6,9,11-12,14-15,23H2,1H3,(H,24,27)/t17-/m1/s1. The number of nitrogens with one attached hydrogen (secondary N) is 1. The zero-order valence-electron chi connectivity index (χ0n) is 16.4. The summed E-state index contributed by atoms with van der Waals surface area (Å²) in [5, 5.41) is 2.85. The number of carbonyl (C=O) groups is 2. The van der Waals surface area contributed by atoms with Crippen LogP contribution >= 0.6 is 0 Å². The minimum atomic E-state index is -0.0296. The molecule has 148 valence electrons. The fourth-order valence-corrected chi connectivity index (χ4v) is 3.76. The molecule has 2 heterocycles. The first-order chi connectivity index (χ1) is 13.6. The van der Waals surface area contributed by atoms with Crippen molar-refractivity contribution in [2.45, 2.75) is 32.7 Å². The maximum Gasteiger partial charge on any atom is 0.273 e. The topological polar surface area (TPSA) is 88.3 Å². The summed E-state index contributed by atoms with van der Waals surface area (Å²) in [7, 11) is 0. The zero-order valence-corrected chi connectivity index (χ0v) is 16.4. The highest BCUT2D eigenvalue weighted by atomic mass is 16.2. The highest BCUT2D eigenvalue weighted by molar-refractivity contribution is 5.99. The van der Waals surface area contributed by atoms with Gasteiger partial charge >= 0.3 is 0 Å². The second kappa shape index (κ2) is 9.46. The molecule has 0 spiro atoms. The van der Waals surface area contributed by atoms with Crippen molar-refractivity contribution < 1.29 is 9.59 Å². The molecular formula is C22H28N4O2. The average molecular weight is 380 g/mol. The first-order valence-corrected chi connectivity index (χ1v) is 9.86. The molecule has 6 nitrogen and oxygen atoms in total. The van der Waals surface area contributed by atoms with Gasteiger partial charge in [0, 0.05) is 44.9 Å². The van der Waals surface area contributed by atoms with E-state index in [1.807, 2.05) is 41.3 Å². The third-order valence-electron chi connectivity index (χ3n) is 5.22. The van der Waals surface area contributed by atoms with Gasteiger partial charge in [-0.2, -0.15) is 0 Å². The first-order valence-electron chi connectivity index (χ1n) is 9.86. The lowest BCUT2D eigenvalue weighted by Gasteiger charge is -2.33. The van der Waals surface area contributed by atoms with Crippen LogP contribution in [-0.4, -0.2) is 41.3 Å². The van der Waals surface area contributed by atoms with E-state index < -0.39 is 0 Å². The number of rotatable bonds is 6. The highest BCUT2D eigenvalue weighted by Gasteiger charge is 2.26. The quantitative estimate of drug-likeness (QED) is 0.806. The number of benzene rings is 1. The molecule has 1 aromatic carbocycles. The monoisotopic (exact) mass is 380 g/mol. The molecule has 1 aromatic heterocycles. The molecule has 0 aliphatic carbocycles. The molecule has 1 aliphatic rings. The van der Waals surface area contributed by atoms with Gasteiger partial charge in [-0.1, -0.05) is 24.3 Å². The van der Waals surface area contributed by atoms with Gasteiger partial charge in [-0.25, -0.2) is 0 Å². The molecule has 28 heavy (non-hydrogen) atoms. The first kappa shape index (κ1) is 20.0. The van der Waals surface area contributed by atoms with E-state index in [1.54, 1.807) is 6.20 Å². The summed E-state index contributed by atoms with van der Waals surface area (Å²) < 4.78 is 0. The van der Waals surface area contributed by atoms with Crippen LogP contribution in [0.2, 0.25) is 0 Å². The molecule has 0 saturated carbocycles.